The van der Waals surface area contributed by atoms with Crippen LogP contribution in [0.15, 0.2) is 24.3 Å². The Balaban J connectivity index is 2.67. The van der Waals surface area contributed by atoms with E-state index in [1.807, 2.05) is 0 Å². The third-order valence-electron chi connectivity index (χ3n) is 2.33. The van der Waals surface area contributed by atoms with Gasteiger partial charge in [-0.05, 0) is 23.8 Å². The number of hydrogen-bond donors (Lipinski definition) is 0. The quantitative estimate of drug-likeness (QED) is 0.396. The number of hydrogen-bond acceptors (Lipinski definition) is 0. The van der Waals surface area contributed by atoms with Crippen LogP contribution in [0.5, 0.6) is 0 Å². The zero-order valence-electron chi connectivity index (χ0n) is 8.58. The first-order chi connectivity index (χ1) is 8.41. The molecule has 0 fully saturated rings. The Morgan fingerprint density at radius 1 is 0.722 bits per heavy atom. The van der Waals surface area contributed by atoms with Gasteiger partial charge in [-0.1, -0.05) is 64.1 Å². The van der Waals surface area contributed by atoms with E-state index in [1.165, 1.54) is 18.2 Å². The lowest BCUT2D eigenvalue weighted by Crippen LogP contribution is -1.85. The summed E-state index contributed by atoms with van der Waals surface area (Å²) in [5, 5.41) is 0.794. The third kappa shape index (κ3) is 2.56. The molecule has 0 saturated carbocycles. The first-order valence-electron chi connectivity index (χ1n) is 4.70. The van der Waals surface area contributed by atoms with Gasteiger partial charge in [0.15, 0.2) is 0 Å². The molecule has 0 aliphatic carbocycles. The topological polar surface area (TPSA) is 0 Å². The highest BCUT2D eigenvalue weighted by Gasteiger charge is 2.15. The minimum atomic E-state index is -0.549. The molecule has 0 aromatic heterocycles. The molecule has 0 radical (unpaired) electrons. The van der Waals surface area contributed by atoms with Gasteiger partial charge in [0.2, 0.25) is 0 Å². The fourth-order valence-electron chi connectivity index (χ4n) is 1.45. The second-order valence-electron chi connectivity index (χ2n) is 3.48. The third-order valence-corrected chi connectivity index (χ3v) is 4.39. The molecular formula is C12H4Cl5F. The van der Waals surface area contributed by atoms with E-state index in [0.29, 0.717) is 11.1 Å². The minimum absolute atomic E-state index is 0.0287. The highest BCUT2D eigenvalue weighted by atomic mass is 35.5. The summed E-state index contributed by atoms with van der Waals surface area (Å²) in [5.74, 6) is -0.549. The maximum atomic E-state index is 13.4. The molecule has 0 unspecified atom stereocenters. The Hall–Kier alpha value is -0.180. The average Bonchev–Trinajstić information content (AvgIpc) is 2.35. The predicted octanol–water partition coefficient (Wildman–Crippen LogP) is 6.76. The van der Waals surface area contributed by atoms with Crippen LogP contribution in [0.25, 0.3) is 11.1 Å². The van der Waals surface area contributed by atoms with E-state index in [-0.39, 0.29) is 25.1 Å². The van der Waals surface area contributed by atoms with E-state index in [0.717, 1.165) is 0 Å². The van der Waals surface area contributed by atoms with Crippen molar-refractivity contribution in [3.8, 4) is 11.1 Å². The van der Waals surface area contributed by atoms with E-state index in [2.05, 4.69) is 0 Å². The molecule has 18 heavy (non-hydrogen) atoms. The summed E-state index contributed by atoms with van der Waals surface area (Å²) < 4.78 is 13.4. The number of halogens is 6. The van der Waals surface area contributed by atoms with Gasteiger partial charge in [0, 0.05) is 5.56 Å². The number of rotatable bonds is 1. The summed E-state index contributed by atoms with van der Waals surface area (Å²) in [4.78, 5) is 0. The van der Waals surface area contributed by atoms with E-state index < -0.39 is 5.82 Å². The lowest BCUT2D eigenvalue weighted by molar-refractivity contribution is 0.629. The fourth-order valence-corrected chi connectivity index (χ4v) is 2.48. The molecule has 2 rings (SSSR count). The van der Waals surface area contributed by atoms with Gasteiger partial charge in [-0.3, -0.25) is 0 Å². The van der Waals surface area contributed by atoms with Crippen LogP contribution >= 0.6 is 58.0 Å². The molecule has 94 valence electrons. The summed E-state index contributed by atoms with van der Waals surface area (Å²) >= 11 is 29.4. The van der Waals surface area contributed by atoms with Crippen LogP contribution in [0.1, 0.15) is 0 Å². The maximum absolute atomic E-state index is 13.4. The maximum Gasteiger partial charge on any atom is 0.142 e. The van der Waals surface area contributed by atoms with Gasteiger partial charge in [0.05, 0.1) is 25.1 Å². The van der Waals surface area contributed by atoms with Gasteiger partial charge >= 0.3 is 0 Å². The SMILES string of the molecule is Fc1cc(-c2cc(Cl)c(Cl)c(Cl)c2Cl)ccc1Cl. The molecule has 0 bridgehead atoms. The Labute approximate surface area is 128 Å². The number of benzene rings is 2. The van der Waals surface area contributed by atoms with Crippen LogP contribution in [-0.2, 0) is 0 Å². The molecule has 0 atom stereocenters. The van der Waals surface area contributed by atoms with Crippen LogP contribution in [0.3, 0.4) is 0 Å². The van der Waals surface area contributed by atoms with Crippen LogP contribution in [0.4, 0.5) is 4.39 Å². The van der Waals surface area contributed by atoms with E-state index in [9.17, 15) is 4.39 Å². The van der Waals surface area contributed by atoms with E-state index in [4.69, 9.17) is 58.0 Å². The smallest absolute Gasteiger partial charge is 0.142 e. The molecule has 0 nitrogen and oxygen atoms in total. The first kappa shape index (κ1) is 14.2. The average molecular weight is 344 g/mol. The summed E-state index contributed by atoms with van der Waals surface area (Å²) in [6.07, 6.45) is 0. The molecule has 0 amide bonds. The Morgan fingerprint density at radius 3 is 2.00 bits per heavy atom. The van der Waals surface area contributed by atoms with Crippen LogP contribution in [0.2, 0.25) is 25.1 Å². The predicted molar refractivity (Wildman–Crippen MR) is 76.9 cm³/mol. The lowest BCUT2D eigenvalue weighted by atomic mass is 10.1. The molecule has 0 saturated heterocycles. The molecule has 0 aliphatic heterocycles. The summed E-state index contributed by atoms with van der Waals surface area (Å²) in [6, 6.07) is 5.83. The second kappa shape index (κ2) is 5.44. The van der Waals surface area contributed by atoms with Crippen molar-refractivity contribution in [2.45, 2.75) is 0 Å². The van der Waals surface area contributed by atoms with Crippen molar-refractivity contribution in [1.82, 2.24) is 0 Å². The molecule has 0 N–H and O–H groups in total. The van der Waals surface area contributed by atoms with Crippen LogP contribution < -0.4 is 0 Å². The Morgan fingerprint density at radius 2 is 1.39 bits per heavy atom. The molecule has 0 spiro atoms. The lowest BCUT2D eigenvalue weighted by Gasteiger charge is -2.09. The van der Waals surface area contributed by atoms with Gasteiger partial charge in [-0.15, -0.1) is 0 Å². The summed E-state index contributed by atoms with van der Waals surface area (Å²) in [7, 11) is 0. The van der Waals surface area contributed by atoms with Gasteiger partial charge in [-0.2, -0.15) is 0 Å². The zero-order chi connectivity index (χ0) is 13.4. The van der Waals surface area contributed by atoms with Crippen molar-refractivity contribution >= 4 is 58.0 Å². The van der Waals surface area contributed by atoms with Gasteiger partial charge < -0.3 is 0 Å². The minimum Gasteiger partial charge on any atom is -0.205 e. The molecule has 2 aromatic rings. The zero-order valence-corrected chi connectivity index (χ0v) is 12.4. The second-order valence-corrected chi connectivity index (χ2v) is 5.43. The Kier molecular flexibility index (Phi) is 4.30. The molecule has 0 aliphatic rings. The fraction of sp³-hybridized carbons (Fsp3) is 0. The van der Waals surface area contributed by atoms with Gasteiger partial charge in [0.25, 0.3) is 0 Å². The van der Waals surface area contributed by atoms with Gasteiger partial charge in [0.1, 0.15) is 5.82 Å². The molecule has 0 heterocycles. The van der Waals surface area contributed by atoms with Crippen molar-refractivity contribution in [2.24, 2.45) is 0 Å². The van der Waals surface area contributed by atoms with Gasteiger partial charge in [-0.25, -0.2) is 4.39 Å². The highest BCUT2D eigenvalue weighted by molar-refractivity contribution is 6.52. The normalized spacial score (nSPS) is 10.8. The van der Waals surface area contributed by atoms with Crippen molar-refractivity contribution in [2.75, 3.05) is 0 Å². The molecule has 6 heteroatoms. The van der Waals surface area contributed by atoms with E-state index in [1.54, 1.807) is 6.07 Å². The van der Waals surface area contributed by atoms with Crippen molar-refractivity contribution in [1.29, 1.82) is 0 Å². The van der Waals surface area contributed by atoms with E-state index >= 15 is 0 Å². The molecule has 2 aromatic carbocycles. The van der Waals surface area contributed by atoms with Crippen LogP contribution in [0, 0.1) is 5.82 Å². The summed E-state index contributed by atoms with van der Waals surface area (Å²) in [6.45, 7) is 0. The molecular weight excluding hydrogens is 340 g/mol. The van der Waals surface area contributed by atoms with Crippen molar-refractivity contribution in [3.05, 3.63) is 55.2 Å². The van der Waals surface area contributed by atoms with Crippen molar-refractivity contribution in [3.63, 3.8) is 0 Å². The van der Waals surface area contributed by atoms with Crippen LogP contribution in [-0.4, -0.2) is 0 Å². The van der Waals surface area contributed by atoms with Crippen molar-refractivity contribution < 1.29 is 4.39 Å². The highest BCUT2D eigenvalue weighted by Crippen LogP contribution is 2.42. The monoisotopic (exact) mass is 342 g/mol. The first-order valence-corrected chi connectivity index (χ1v) is 6.59. The summed E-state index contributed by atoms with van der Waals surface area (Å²) in [5.41, 5.74) is 1.01. The standard InChI is InChI=1S/C12H4Cl5F/c13-7-2-1-5(3-9(7)18)6-4-8(14)11(16)12(17)10(6)15/h1-4H. The Bertz CT molecular complexity index is 624. The largest absolute Gasteiger partial charge is 0.205 e.